The van der Waals surface area contributed by atoms with Gasteiger partial charge >= 0.3 is 0 Å². The Hall–Kier alpha value is -0.870. The van der Waals surface area contributed by atoms with E-state index in [1.807, 2.05) is 6.07 Å². The zero-order valence-corrected chi connectivity index (χ0v) is 10.3. The van der Waals surface area contributed by atoms with Crippen molar-refractivity contribution in [2.75, 3.05) is 6.54 Å². The van der Waals surface area contributed by atoms with E-state index in [4.69, 9.17) is 0 Å². The monoisotopic (exact) mass is 238 g/mol. The van der Waals surface area contributed by atoms with E-state index in [-0.39, 0.29) is 18.0 Å². The second-order valence-corrected chi connectivity index (χ2v) is 5.37. The van der Waals surface area contributed by atoms with Gasteiger partial charge in [0.05, 0.1) is 6.04 Å². The van der Waals surface area contributed by atoms with Gasteiger partial charge < -0.3 is 10.6 Å². The summed E-state index contributed by atoms with van der Waals surface area (Å²) in [5.41, 5.74) is 0. The Labute approximate surface area is 100 Å². The van der Waals surface area contributed by atoms with Gasteiger partial charge in [0.15, 0.2) is 0 Å². The van der Waals surface area contributed by atoms with Gasteiger partial charge in [-0.2, -0.15) is 0 Å². The van der Waals surface area contributed by atoms with E-state index in [9.17, 15) is 4.79 Å². The number of hydrogen-bond acceptors (Lipinski definition) is 3. The second-order valence-electron chi connectivity index (χ2n) is 4.34. The van der Waals surface area contributed by atoms with Crippen LogP contribution in [0.15, 0.2) is 17.5 Å². The lowest BCUT2D eigenvalue weighted by Crippen LogP contribution is -2.44. The van der Waals surface area contributed by atoms with Crippen LogP contribution in [0.5, 0.6) is 0 Å². The molecule has 1 aromatic rings. The van der Waals surface area contributed by atoms with Crippen LogP contribution < -0.4 is 10.6 Å². The fourth-order valence-electron chi connectivity index (χ4n) is 2.03. The molecule has 2 rings (SSSR count). The first-order valence-electron chi connectivity index (χ1n) is 5.82. The summed E-state index contributed by atoms with van der Waals surface area (Å²) >= 11 is 1.74. The maximum absolute atomic E-state index is 11.8. The molecule has 0 bridgehead atoms. The van der Waals surface area contributed by atoms with Gasteiger partial charge in [-0.15, -0.1) is 11.3 Å². The van der Waals surface area contributed by atoms with Crippen LogP contribution in [0, 0.1) is 0 Å². The molecule has 2 atom stereocenters. The molecule has 1 aliphatic rings. The number of nitrogens with one attached hydrogen (secondary N) is 2. The minimum Gasteiger partial charge on any atom is -0.352 e. The summed E-state index contributed by atoms with van der Waals surface area (Å²) in [6, 6.07) is 4.41. The average Bonchev–Trinajstić information content (AvgIpc) is 2.88. The Kier molecular flexibility index (Phi) is 3.96. The van der Waals surface area contributed by atoms with Crippen molar-refractivity contribution in [1.82, 2.24) is 10.6 Å². The van der Waals surface area contributed by atoms with E-state index in [0.29, 0.717) is 0 Å². The van der Waals surface area contributed by atoms with Gasteiger partial charge in [-0.3, -0.25) is 4.79 Å². The van der Waals surface area contributed by atoms with Crippen molar-refractivity contribution in [1.29, 1.82) is 0 Å². The van der Waals surface area contributed by atoms with Crippen LogP contribution in [0.25, 0.3) is 0 Å². The first-order valence-corrected chi connectivity index (χ1v) is 6.70. The minimum atomic E-state index is 0.0331. The molecule has 1 amide bonds. The van der Waals surface area contributed by atoms with Gasteiger partial charge in [0.25, 0.3) is 0 Å². The predicted octanol–water partition coefficient (Wildman–Crippen LogP) is 1.55. The number of hydrogen-bond donors (Lipinski definition) is 2. The van der Waals surface area contributed by atoms with Crippen LogP contribution in [-0.2, 0) is 11.2 Å². The number of amides is 1. The normalized spacial score (nSPS) is 21.9. The smallest absolute Gasteiger partial charge is 0.237 e. The van der Waals surface area contributed by atoms with Gasteiger partial charge in [-0.05, 0) is 37.8 Å². The summed E-state index contributed by atoms with van der Waals surface area (Å²) in [5.74, 6) is 0.154. The Morgan fingerprint density at radius 1 is 1.75 bits per heavy atom. The van der Waals surface area contributed by atoms with Gasteiger partial charge in [0.2, 0.25) is 5.91 Å². The molecular formula is C12H18N2OS. The Morgan fingerprint density at radius 2 is 2.62 bits per heavy atom. The van der Waals surface area contributed by atoms with Gasteiger partial charge in [-0.1, -0.05) is 6.07 Å². The van der Waals surface area contributed by atoms with Crippen molar-refractivity contribution in [3.05, 3.63) is 22.4 Å². The fourth-order valence-corrected chi connectivity index (χ4v) is 2.87. The summed E-state index contributed by atoms with van der Waals surface area (Å²) in [5, 5.41) is 8.35. The van der Waals surface area contributed by atoms with Crippen molar-refractivity contribution in [3.8, 4) is 0 Å². The lowest BCUT2D eigenvalue weighted by Gasteiger charge is -2.16. The van der Waals surface area contributed by atoms with Crippen molar-refractivity contribution in [2.45, 2.75) is 38.3 Å². The summed E-state index contributed by atoms with van der Waals surface area (Å²) in [4.78, 5) is 13.1. The molecule has 0 aliphatic carbocycles. The first-order chi connectivity index (χ1) is 7.75. The van der Waals surface area contributed by atoms with E-state index in [2.05, 4.69) is 29.0 Å². The molecule has 0 aromatic carbocycles. The molecule has 1 saturated heterocycles. The maximum Gasteiger partial charge on any atom is 0.237 e. The van der Waals surface area contributed by atoms with Crippen LogP contribution in [0.1, 0.15) is 24.6 Å². The van der Waals surface area contributed by atoms with E-state index in [1.54, 1.807) is 11.3 Å². The van der Waals surface area contributed by atoms with Crippen LogP contribution in [0.4, 0.5) is 0 Å². The number of carbonyl (C=O) groups excluding carboxylic acids is 1. The van der Waals surface area contributed by atoms with Crippen molar-refractivity contribution in [3.63, 3.8) is 0 Å². The summed E-state index contributed by atoms with van der Waals surface area (Å²) in [6.07, 6.45) is 3.01. The Bertz CT molecular complexity index is 331. The van der Waals surface area contributed by atoms with E-state index in [0.717, 1.165) is 25.8 Å². The van der Waals surface area contributed by atoms with E-state index in [1.165, 1.54) is 4.88 Å². The standard InChI is InChI=1S/C12H18N2OS/c1-9(8-10-4-3-7-16-10)14-12(15)11-5-2-6-13-11/h3-4,7,9,11,13H,2,5-6,8H2,1H3,(H,14,15)/t9?,11-/m1/s1. The third-order valence-corrected chi connectivity index (χ3v) is 3.75. The van der Waals surface area contributed by atoms with Crippen LogP contribution in [0.3, 0.4) is 0 Å². The van der Waals surface area contributed by atoms with E-state index >= 15 is 0 Å². The molecule has 16 heavy (non-hydrogen) atoms. The zero-order valence-electron chi connectivity index (χ0n) is 9.53. The summed E-state index contributed by atoms with van der Waals surface area (Å²) in [6.45, 7) is 3.03. The third kappa shape index (κ3) is 3.06. The van der Waals surface area contributed by atoms with Crippen molar-refractivity contribution in [2.24, 2.45) is 0 Å². The summed E-state index contributed by atoms with van der Waals surface area (Å²) in [7, 11) is 0. The van der Waals surface area contributed by atoms with Crippen LogP contribution in [0.2, 0.25) is 0 Å². The molecular weight excluding hydrogens is 220 g/mol. The Balaban J connectivity index is 1.78. The number of rotatable bonds is 4. The SMILES string of the molecule is CC(Cc1cccs1)NC(=O)[C@H]1CCCN1. The molecule has 2 N–H and O–H groups in total. The highest BCUT2D eigenvalue weighted by molar-refractivity contribution is 7.09. The molecule has 1 aliphatic heterocycles. The highest BCUT2D eigenvalue weighted by Crippen LogP contribution is 2.11. The van der Waals surface area contributed by atoms with Gasteiger partial charge in [0.1, 0.15) is 0 Å². The Morgan fingerprint density at radius 3 is 3.25 bits per heavy atom. The minimum absolute atomic E-state index is 0.0331. The molecule has 4 heteroatoms. The van der Waals surface area contributed by atoms with Crippen molar-refractivity contribution >= 4 is 17.2 Å². The third-order valence-electron chi connectivity index (χ3n) is 2.85. The lowest BCUT2D eigenvalue weighted by atomic mass is 10.1. The molecule has 1 aromatic heterocycles. The quantitative estimate of drug-likeness (QED) is 0.835. The topological polar surface area (TPSA) is 41.1 Å². The fraction of sp³-hybridized carbons (Fsp3) is 0.583. The van der Waals surface area contributed by atoms with Crippen molar-refractivity contribution < 1.29 is 4.79 Å². The maximum atomic E-state index is 11.8. The van der Waals surface area contributed by atoms with E-state index < -0.39 is 0 Å². The number of carbonyl (C=O) groups is 1. The average molecular weight is 238 g/mol. The molecule has 88 valence electrons. The molecule has 3 nitrogen and oxygen atoms in total. The largest absolute Gasteiger partial charge is 0.352 e. The van der Waals surface area contributed by atoms with Crippen LogP contribution in [-0.4, -0.2) is 24.5 Å². The first kappa shape index (κ1) is 11.6. The molecule has 0 radical (unpaired) electrons. The molecule has 0 spiro atoms. The van der Waals surface area contributed by atoms with Crippen LogP contribution >= 0.6 is 11.3 Å². The van der Waals surface area contributed by atoms with Gasteiger partial charge in [-0.25, -0.2) is 0 Å². The van der Waals surface area contributed by atoms with Gasteiger partial charge in [0, 0.05) is 17.3 Å². The second kappa shape index (κ2) is 5.46. The molecule has 1 fully saturated rings. The highest BCUT2D eigenvalue weighted by Gasteiger charge is 2.22. The molecule has 1 unspecified atom stereocenters. The molecule has 2 heterocycles. The highest BCUT2D eigenvalue weighted by atomic mass is 32.1. The predicted molar refractivity (Wildman–Crippen MR) is 66.7 cm³/mol. The number of thiophene rings is 1. The molecule has 0 saturated carbocycles. The summed E-state index contributed by atoms with van der Waals surface area (Å²) < 4.78 is 0. The lowest BCUT2D eigenvalue weighted by molar-refractivity contribution is -0.123. The zero-order chi connectivity index (χ0) is 11.4.